The number of ether oxygens (including phenoxy) is 1. The highest BCUT2D eigenvalue weighted by atomic mass is 35.5. The van der Waals surface area contributed by atoms with Gasteiger partial charge >= 0.3 is 5.97 Å². The molecule has 0 fully saturated rings. The summed E-state index contributed by atoms with van der Waals surface area (Å²) in [6.45, 7) is 0.956. The zero-order valence-electron chi connectivity index (χ0n) is 12.2. The monoisotopic (exact) mass is 332 g/mol. The Kier molecular flexibility index (Phi) is 5.43. The van der Waals surface area contributed by atoms with Gasteiger partial charge < -0.3 is 10.1 Å². The first kappa shape index (κ1) is 16.6. The van der Waals surface area contributed by atoms with Gasteiger partial charge in [-0.1, -0.05) is 23.7 Å². The van der Waals surface area contributed by atoms with Gasteiger partial charge in [0.15, 0.2) is 12.4 Å². The van der Waals surface area contributed by atoms with E-state index in [2.05, 4.69) is 10.3 Å². The average molecular weight is 333 g/mol. The van der Waals surface area contributed by atoms with E-state index in [1.807, 2.05) is 0 Å². The summed E-state index contributed by atoms with van der Waals surface area (Å²) in [6, 6.07) is 9.33. The molecule has 1 N–H and O–H groups in total. The van der Waals surface area contributed by atoms with Gasteiger partial charge in [-0.05, 0) is 31.2 Å². The fourth-order valence-electron chi connectivity index (χ4n) is 1.73. The van der Waals surface area contributed by atoms with E-state index in [0.29, 0.717) is 16.3 Å². The number of Topliss-reactive ketones (excluding diaryl/α,β-unsaturated/α-hetero) is 1. The maximum atomic E-state index is 11.8. The highest BCUT2D eigenvalue weighted by molar-refractivity contribution is 6.30. The van der Waals surface area contributed by atoms with Gasteiger partial charge in [-0.3, -0.25) is 9.59 Å². The molecule has 0 unspecified atom stereocenters. The van der Waals surface area contributed by atoms with E-state index < -0.39 is 18.5 Å². The Hall–Kier alpha value is -2.73. The number of pyridine rings is 1. The van der Waals surface area contributed by atoms with Crippen LogP contribution >= 0.6 is 11.6 Å². The van der Waals surface area contributed by atoms with Crippen molar-refractivity contribution in [1.82, 2.24) is 4.98 Å². The first-order valence-electron chi connectivity index (χ1n) is 6.65. The predicted octanol–water partition coefficient (Wildman–Crippen LogP) is 2.73. The third-order valence-corrected chi connectivity index (χ3v) is 3.05. The molecule has 0 spiro atoms. The Morgan fingerprint density at radius 2 is 2.00 bits per heavy atom. The molecule has 0 saturated heterocycles. The lowest BCUT2D eigenvalue weighted by molar-refractivity contribution is -0.119. The fraction of sp³-hybridized carbons (Fsp3) is 0.125. The Bertz CT molecular complexity index is 761. The van der Waals surface area contributed by atoms with Crippen LogP contribution < -0.4 is 5.32 Å². The summed E-state index contributed by atoms with van der Waals surface area (Å²) in [4.78, 5) is 38.6. The molecule has 0 aliphatic carbocycles. The maximum absolute atomic E-state index is 11.8. The van der Waals surface area contributed by atoms with E-state index >= 15 is 0 Å². The van der Waals surface area contributed by atoms with Gasteiger partial charge in [0.1, 0.15) is 5.69 Å². The van der Waals surface area contributed by atoms with E-state index in [4.69, 9.17) is 16.3 Å². The zero-order chi connectivity index (χ0) is 16.8. The summed E-state index contributed by atoms with van der Waals surface area (Å²) in [6.07, 6.45) is 1.37. The highest BCUT2D eigenvalue weighted by Gasteiger charge is 2.12. The van der Waals surface area contributed by atoms with E-state index in [-0.39, 0.29) is 11.5 Å². The molecular weight excluding hydrogens is 320 g/mol. The number of ketones is 1. The van der Waals surface area contributed by atoms with Crippen molar-refractivity contribution in [2.45, 2.75) is 6.92 Å². The van der Waals surface area contributed by atoms with Crippen molar-refractivity contribution in [1.29, 1.82) is 0 Å². The van der Waals surface area contributed by atoms with Crippen molar-refractivity contribution in [2.75, 3.05) is 11.9 Å². The molecule has 0 aliphatic rings. The van der Waals surface area contributed by atoms with Crippen LogP contribution in [-0.2, 0) is 9.53 Å². The number of carbonyl (C=O) groups is 3. The molecule has 7 heteroatoms. The molecule has 2 rings (SSSR count). The van der Waals surface area contributed by atoms with Crippen LogP contribution in [0.2, 0.25) is 5.02 Å². The van der Waals surface area contributed by atoms with Crippen LogP contribution in [0.15, 0.2) is 42.6 Å². The molecule has 0 bridgehead atoms. The lowest BCUT2D eigenvalue weighted by Crippen LogP contribution is -2.21. The molecule has 0 aliphatic heterocycles. The zero-order valence-corrected chi connectivity index (χ0v) is 13.0. The number of esters is 1. The van der Waals surface area contributed by atoms with Crippen LogP contribution in [0, 0.1) is 0 Å². The maximum Gasteiger partial charge on any atom is 0.357 e. The van der Waals surface area contributed by atoms with Crippen LogP contribution in [0.3, 0.4) is 0 Å². The third kappa shape index (κ3) is 4.89. The smallest absolute Gasteiger partial charge is 0.357 e. The van der Waals surface area contributed by atoms with Crippen molar-refractivity contribution in [2.24, 2.45) is 0 Å². The topological polar surface area (TPSA) is 85.4 Å². The second-order valence-corrected chi connectivity index (χ2v) is 5.06. The summed E-state index contributed by atoms with van der Waals surface area (Å²) in [5, 5.41) is 2.89. The van der Waals surface area contributed by atoms with Crippen LogP contribution in [0.1, 0.15) is 27.8 Å². The number of hydrogen-bond donors (Lipinski definition) is 1. The molecule has 0 saturated carbocycles. The number of halogens is 1. The summed E-state index contributed by atoms with van der Waals surface area (Å²) in [7, 11) is 0. The number of amides is 1. The molecule has 1 aromatic carbocycles. The Morgan fingerprint density at radius 1 is 1.22 bits per heavy atom. The van der Waals surface area contributed by atoms with E-state index in [1.165, 1.54) is 25.3 Å². The number of nitrogens with one attached hydrogen (secondary N) is 1. The molecule has 1 amide bonds. The fourth-order valence-corrected chi connectivity index (χ4v) is 1.89. The molecule has 0 radical (unpaired) electrons. The minimum atomic E-state index is -0.750. The van der Waals surface area contributed by atoms with E-state index in [9.17, 15) is 14.4 Å². The van der Waals surface area contributed by atoms with Crippen molar-refractivity contribution in [3.8, 4) is 0 Å². The van der Waals surface area contributed by atoms with Gasteiger partial charge in [-0.15, -0.1) is 0 Å². The number of rotatable bonds is 5. The van der Waals surface area contributed by atoms with Crippen LogP contribution in [0.4, 0.5) is 5.69 Å². The molecule has 2 aromatic rings. The van der Waals surface area contributed by atoms with Crippen LogP contribution in [0.25, 0.3) is 0 Å². The summed E-state index contributed by atoms with van der Waals surface area (Å²) in [5.74, 6) is -1.39. The number of aromatic nitrogens is 1. The standard InChI is InChI=1S/C16H13ClN2O4/c1-10(20)11-3-2-4-13(7-11)19-15(21)9-23-16(22)14-8-12(17)5-6-18-14/h2-8H,9H2,1H3,(H,19,21). The van der Waals surface area contributed by atoms with Crippen LogP contribution in [-0.4, -0.2) is 29.3 Å². The number of anilines is 1. The lowest BCUT2D eigenvalue weighted by Gasteiger charge is -2.07. The molecule has 23 heavy (non-hydrogen) atoms. The largest absolute Gasteiger partial charge is 0.451 e. The first-order valence-corrected chi connectivity index (χ1v) is 7.03. The minimum absolute atomic E-state index is 0.0175. The Balaban J connectivity index is 1.91. The van der Waals surface area contributed by atoms with Gasteiger partial charge in [-0.2, -0.15) is 0 Å². The summed E-state index contributed by atoms with van der Waals surface area (Å²) >= 11 is 5.74. The molecular formula is C16H13ClN2O4. The second kappa shape index (κ2) is 7.51. The first-order chi connectivity index (χ1) is 11.0. The van der Waals surface area contributed by atoms with Gasteiger partial charge in [0.25, 0.3) is 5.91 Å². The molecule has 6 nitrogen and oxygen atoms in total. The highest BCUT2D eigenvalue weighted by Crippen LogP contribution is 2.12. The third-order valence-electron chi connectivity index (χ3n) is 2.82. The van der Waals surface area contributed by atoms with Crippen molar-refractivity contribution in [3.05, 3.63) is 58.9 Å². The SMILES string of the molecule is CC(=O)c1cccc(NC(=O)COC(=O)c2cc(Cl)ccn2)c1. The molecule has 0 atom stereocenters. The minimum Gasteiger partial charge on any atom is -0.451 e. The summed E-state index contributed by atoms with van der Waals surface area (Å²) in [5.41, 5.74) is 0.937. The predicted molar refractivity (Wildman–Crippen MR) is 84.6 cm³/mol. The normalized spacial score (nSPS) is 10.0. The quantitative estimate of drug-likeness (QED) is 0.672. The van der Waals surface area contributed by atoms with E-state index in [1.54, 1.807) is 24.3 Å². The van der Waals surface area contributed by atoms with Crippen molar-refractivity contribution >= 4 is 34.9 Å². The second-order valence-electron chi connectivity index (χ2n) is 4.62. The number of carbonyl (C=O) groups excluding carboxylic acids is 3. The van der Waals surface area contributed by atoms with Crippen molar-refractivity contribution in [3.63, 3.8) is 0 Å². The lowest BCUT2D eigenvalue weighted by atomic mass is 10.1. The van der Waals surface area contributed by atoms with Gasteiger partial charge in [0.2, 0.25) is 0 Å². The van der Waals surface area contributed by atoms with Crippen LogP contribution in [0.5, 0.6) is 0 Å². The van der Waals surface area contributed by atoms with E-state index in [0.717, 1.165) is 0 Å². The molecule has 1 heterocycles. The average Bonchev–Trinajstić information content (AvgIpc) is 2.53. The molecule has 118 valence electrons. The Labute approximate surface area is 137 Å². The Morgan fingerprint density at radius 3 is 2.70 bits per heavy atom. The van der Waals surface area contributed by atoms with Crippen molar-refractivity contribution < 1.29 is 19.1 Å². The number of benzene rings is 1. The van der Waals surface area contributed by atoms with Gasteiger partial charge in [0.05, 0.1) is 0 Å². The van der Waals surface area contributed by atoms with Gasteiger partial charge in [-0.25, -0.2) is 9.78 Å². The number of nitrogens with zero attached hydrogens (tertiary/aromatic N) is 1. The summed E-state index contributed by atoms with van der Waals surface area (Å²) < 4.78 is 4.86. The number of hydrogen-bond acceptors (Lipinski definition) is 5. The molecule has 1 aromatic heterocycles. The van der Waals surface area contributed by atoms with Gasteiger partial charge in [0, 0.05) is 22.5 Å².